The summed E-state index contributed by atoms with van der Waals surface area (Å²) in [7, 11) is -1.85. The lowest BCUT2D eigenvalue weighted by atomic mass is 9.98. The van der Waals surface area contributed by atoms with Crippen LogP contribution in [0.5, 0.6) is 0 Å². The molecule has 2 aromatic rings. The zero-order chi connectivity index (χ0) is 20.9. The molecule has 1 aromatic heterocycles. The largest absolute Gasteiger partial charge is 0.337 e. The topological polar surface area (TPSA) is 75.5 Å². The van der Waals surface area contributed by atoms with Crippen LogP contribution in [0.3, 0.4) is 0 Å². The van der Waals surface area contributed by atoms with Gasteiger partial charge >= 0.3 is 0 Å². The second kappa shape index (κ2) is 7.11. The van der Waals surface area contributed by atoms with Crippen LogP contribution in [0.1, 0.15) is 29.8 Å². The smallest absolute Gasteiger partial charge is 0.262 e. The van der Waals surface area contributed by atoms with E-state index in [0.717, 1.165) is 16.7 Å². The fraction of sp³-hybridized carbons (Fsp3) is 0.429. The summed E-state index contributed by atoms with van der Waals surface area (Å²) in [5.74, 6) is 0.523. The Bertz CT molecular complexity index is 1060. The summed E-state index contributed by atoms with van der Waals surface area (Å²) in [4.78, 5) is 19.0. The zero-order valence-electron chi connectivity index (χ0n) is 17.2. The molecule has 0 aliphatic carbocycles. The van der Waals surface area contributed by atoms with Crippen molar-refractivity contribution in [3.63, 3.8) is 0 Å². The highest BCUT2D eigenvalue weighted by Crippen LogP contribution is 2.31. The first-order valence-electron chi connectivity index (χ1n) is 9.72. The van der Waals surface area contributed by atoms with Gasteiger partial charge in [0, 0.05) is 39.4 Å². The lowest BCUT2D eigenvalue weighted by Crippen LogP contribution is -2.38. The van der Waals surface area contributed by atoms with Crippen molar-refractivity contribution in [3.8, 4) is 0 Å². The molecule has 0 spiro atoms. The van der Waals surface area contributed by atoms with Gasteiger partial charge in [-0.15, -0.1) is 0 Å². The maximum Gasteiger partial charge on any atom is 0.262 e. The highest BCUT2D eigenvalue weighted by molar-refractivity contribution is 7.89. The minimum absolute atomic E-state index is 0.0815. The Hall–Kier alpha value is -2.45. The molecule has 0 bridgehead atoms. The predicted molar refractivity (Wildman–Crippen MR) is 110 cm³/mol. The van der Waals surface area contributed by atoms with Crippen LogP contribution in [0.25, 0.3) is 0 Å². The van der Waals surface area contributed by atoms with Gasteiger partial charge < -0.3 is 9.47 Å². The molecule has 1 amide bonds. The molecule has 3 heterocycles. The zero-order valence-corrected chi connectivity index (χ0v) is 18.0. The van der Waals surface area contributed by atoms with Crippen molar-refractivity contribution in [3.05, 3.63) is 58.6 Å². The SMILES string of the molecule is Cc1ccc([C@@H](C)C(=O)N2CC3=C(C2)CN(S(=O)(=O)c2cn(C)c(C)n2)C3)cc1. The Kier molecular flexibility index (Phi) is 4.86. The molecule has 29 heavy (non-hydrogen) atoms. The lowest BCUT2D eigenvalue weighted by Gasteiger charge is -2.25. The molecule has 8 heteroatoms. The first kappa shape index (κ1) is 19.8. The van der Waals surface area contributed by atoms with E-state index in [1.165, 1.54) is 9.87 Å². The summed E-state index contributed by atoms with van der Waals surface area (Å²) in [6.45, 7) is 7.38. The van der Waals surface area contributed by atoms with Gasteiger partial charge in [-0.05, 0) is 37.5 Å². The second-order valence-corrected chi connectivity index (χ2v) is 9.93. The highest BCUT2D eigenvalue weighted by atomic mass is 32.2. The molecular weight excluding hydrogens is 388 g/mol. The Labute approximate surface area is 171 Å². The standard InChI is InChI=1S/C21H26N4O3S/c1-14-5-7-17(8-6-14)15(2)21(26)24-9-18-11-25(12-19(18)10-24)29(27,28)20-13-23(4)16(3)22-20/h5-8,13,15H,9-12H2,1-4H3/t15-/m1/s1. The van der Waals surface area contributed by atoms with E-state index in [1.54, 1.807) is 24.7 Å². The van der Waals surface area contributed by atoms with Gasteiger partial charge in [-0.2, -0.15) is 4.31 Å². The number of hydrogen-bond acceptors (Lipinski definition) is 4. The molecule has 0 N–H and O–H groups in total. The number of rotatable bonds is 4. The summed E-state index contributed by atoms with van der Waals surface area (Å²) in [6, 6.07) is 8.03. The van der Waals surface area contributed by atoms with Crippen molar-refractivity contribution >= 4 is 15.9 Å². The lowest BCUT2D eigenvalue weighted by molar-refractivity contribution is -0.131. The van der Waals surface area contributed by atoms with Gasteiger partial charge in [0.2, 0.25) is 5.91 Å². The van der Waals surface area contributed by atoms with Crippen LogP contribution in [-0.2, 0) is 21.9 Å². The van der Waals surface area contributed by atoms with Crippen molar-refractivity contribution < 1.29 is 13.2 Å². The van der Waals surface area contributed by atoms with Crippen LogP contribution in [0.15, 0.2) is 46.6 Å². The molecule has 0 fully saturated rings. The van der Waals surface area contributed by atoms with Crippen LogP contribution in [0.4, 0.5) is 0 Å². The number of aromatic nitrogens is 2. The first-order chi connectivity index (χ1) is 13.7. The molecule has 1 atom stereocenters. The molecule has 4 rings (SSSR count). The van der Waals surface area contributed by atoms with E-state index in [0.29, 0.717) is 32.0 Å². The number of nitrogens with zero attached hydrogens (tertiary/aromatic N) is 4. The Morgan fingerprint density at radius 3 is 2.14 bits per heavy atom. The van der Waals surface area contributed by atoms with E-state index in [2.05, 4.69) is 4.98 Å². The second-order valence-electron chi connectivity index (χ2n) is 8.04. The number of amides is 1. The molecule has 1 aromatic carbocycles. The summed E-state index contributed by atoms with van der Waals surface area (Å²) >= 11 is 0. The maximum absolute atomic E-state index is 13.0. The number of benzene rings is 1. The average molecular weight is 415 g/mol. The van der Waals surface area contributed by atoms with Gasteiger partial charge in [0.05, 0.1) is 5.92 Å². The number of carbonyl (C=O) groups excluding carboxylic acids is 1. The predicted octanol–water partition coefficient (Wildman–Crippen LogP) is 1.98. The molecule has 154 valence electrons. The van der Waals surface area contributed by atoms with Gasteiger partial charge in [0.15, 0.2) is 5.03 Å². The summed E-state index contributed by atoms with van der Waals surface area (Å²) in [6.07, 6.45) is 1.55. The number of aryl methyl sites for hydroxylation is 3. The number of imidazole rings is 1. The van der Waals surface area contributed by atoms with Gasteiger partial charge in [-0.3, -0.25) is 4.79 Å². The summed E-state index contributed by atoms with van der Waals surface area (Å²) in [5, 5.41) is 0.0830. The summed E-state index contributed by atoms with van der Waals surface area (Å²) in [5.41, 5.74) is 4.23. The third kappa shape index (κ3) is 3.51. The van der Waals surface area contributed by atoms with Crippen molar-refractivity contribution in [1.82, 2.24) is 18.8 Å². The Morgan fingerprint density at radius 2 is 1.62 bits per heavy atom. The van der Waals surface area contributed by atoms with Crippen LogP contribution < -0.4 is 0 Å². The van der Waals surface area contributed by atoms with E-state index in [-0.39, 0.29) is 16.9 Å². The minimum Gasteiger partial charge on any atom is -0.337 e. The Morgan fingerprint density at radius 1 is 1.03 bits per heavy atom. The van der Waals surface area contributed by atoms with Crippen LogP contribution in [-0.4, -0.2) is 59.3 Å². The fourth-order valence-electron chi connectivity index (χ4n) is 3.93. The van der Waals surface area contributed by atoms with Crippen molar-refractivity contribution in [1.29, 1.82) is 0 Å². The molecule has 7 nitrogen and oxygen atoms in total. The molecule has 0 saturated carbocycles. The van der Waals surface area contributed by atoms with Gasteiger partial charge in [0.1, 0.15) is 5.82 Å². The molecule has 0 radical (unpaired) electrons. The highest BCUT2D eigenvalue weighted by Gasteiger charge is 2.39. The fourth-order valence-corrected chi connectivity index (χ4v) is 5.38. The van der Waals surface area contributed by atoms with E-state index in [1.807, 2.05) is 43.0 Å². The van der Waals surface area contributed by atoms with E-state index < -0.39 is 10.0 Å². The molecule has 0 unspecified atom stereocenters. The quantitative estimate of drug-likeness (QED) is 0.717. The van der Waals surface area contributed by atoms with Crippen molar-refractivity contribution in [2.75, 3.05) is 26.2 Å². The minimum atomic E-state index is -3.63. The van der Waals surface area contributed by atoms with E-state index in [9.17, 15) is 13.2 Å². The Balaban J connectivity index is 1.42. The van der Waals surface area contributed by atoms with Crippen molar-refractivity contribution in [2.45, 2.75) is 31.7 Å². The van der Waals surface area contributed by atoms with Crippen molar-refractivity contribution in [2.24, 2.45) is 7.05 Å². The molecule has 0 saturated heterocycles. The molecular formula is C21H26N4O3S. The third-order valence-electron chi connectivity index (χ3n) is 5.95. The molecule has 2 aliphatic rings. The monoisotopic (exact) mass is 414 g/mol. The van der Waals surface area contributed by atoms with E-state index in [4.69, 9.17) is 0 Å². The van der Waals surface area contributed by atoms with Gasteiger partial charge in [-0.1, -0.05) is 29.8 Å². The first-order valence-corrected chi connectivity index (χ1v) is 11.2. The van der Waals surface area contributed by atoms with Gasteiger partial charge in [0.25, 0.3) is 10.0 Å². The number of hydrogen-bond donors (Lipinski definition) is 0. The van der Waals surface area contributed by atoms with Crippen LogP contribution >= 0.6 is 0 Å². The normalized spacial score (nSPS) is 18.4. The third-order valence-corrected chi connectivity index (χ3v) is 7.61. The van der Waals surface area contributed by atoms with Crippen LogP contribution in [0, 0.1) is 13.8 Å². The number of carbonyl (C=O) groups is 1. The average Bonchev–Trinajstić information content (AvgIpc) is 3.35. The van der Waals surface area contributed by atoms with Gasteiger partial charge in [-0.25, -0.2) is 13.4 Å². The number of sulfonamides is 1. The maximum atomic E-state index is 13.0. The van der Waals surface area contributed by atoms with E-state index >= 15 is 0 Å². The summed E-state index contributed by atoms with van der Waals surface area (Å²) < 4.78 is 29.0. The van der Waals surface area contributed by atoms with Crippen LogP contribution in [0.2, 0.25) is 0 Å². The molecule has 2 aliphatic heterocycles.